The van der Waals surface area contributed by atoms with Crippen molar-refractivity contribution in [2.45, 2.75) is 26.3 Å². The Labute approximate surface area is 89.7 Å². The third-order valence-electron chi connectivity index (χ3n) is 2.37. The first-order chi connectivity index (χ1) is 6.56. The van der Waals surface area contributed by atoms with Gasteiger partial charge in [-0.3, -0.25) is 0 Å². The van der Waals surface area contributed by atoms with Gasteiger partial charge in [-0.25, -0.2) is 0 Å². The van der Waals surface area contributed by atoms with Crippen molar-refractivity contribution in [3.05, 3.63) is 33.8 Å². The molecule has 1 aromatic rings. The van der Waals surface area contributed by atoms with Crippen LogP contribution in [0, 0.1) is 13.8 Å². The molecule has 1 unspecified atom stereocenters. The normalized spacial score (nSPS) is 12.9. The van der Waals surface area contributed by atoms with Gasteiger partial charge in [-0.2, -0.15) is 0 Å². The first-order valence-electron chi connectivity index (χ1n) is 4.69. The van der Waals surface area contributed by atoms with Gasteiger partial charge in [-0.05, 0) is 43.0 Å². The lowest BCUT2D eigenvalue weighted by Gasteiger charge is -2.15. The SMILES string of the molecule is Cc1cc(Cl)c(C)c(C(N)CCO)c1. The van der Waals surface area contributed by atoms with Crippen LogP contribution in [0.25, 0.3) is 0 Å². The lowest BCUT2D eigenvalue weighted by atomic mass is 9.97. The highest BCUT2D eigenvalue weighted by Gasteiger charge is 2.11. The molecule has 0 spiro atoms. The molecular weight excluding hydrogens is 198 g/mol. The first-order valence-corrected chi connectivity index (χ1v) is 5.07. The number of halogens is 1. The van der Waals surface area contributed by atoms with Crippen LogP contribution in [0.1, 0.15) is 29.2 Å². The second kappa shape index (κ2) is 4.78. The average Bonchev–Trinajstić information content (AvgIpc) is 2.11. The number of hydrogen-bond acceptors (Lipinski definition) is 2. The Morgan fingerprint density at radius 2 is 2.07 bits per heavy atom. The predicted molar refractivity (Wildman–Crippen MR) is 59.6 cm³/mol. The van der Waals surface area contributed by atoms with Gasteiger partial charge in [0.25, 0.3) is 0 Å². The lowest BCUT2D eigenvalue weighted by molar-refractivity contribution is 0.276. The molecule has 1 atom stereocenters. The van der Waals surface area contributed by atoms with Gasteiger partial charge in [0.05, 0.1) is 0 Å². The molecule has 3 heteroatoms. The summed E-state index contributed by atoms with van der Waals surface area (Å²) in [7, 11) is 0. The van der Waals surface area contributed by atoms with E-state index in [1.807, 2.05) is 26.0 Å². The number of aliphatic hydroxyl groups is 1. The summed E-state index contributed by atoms with van der Waals surface area (Å²) in [5, 5.41) is 9.56. The molecule has 0 heterocycles. The minimum Gasteiger partial charge on any atom is -0.396 e. The predicted octanol–water partition coefficient (Wildman–Crippen LogP) is 2.34. The van der Waals surface area contributed by atoms with E-state index < -0.39 is 0 Å². The van der Waals surface area contributed by atoms with Gasteiger partial charge in [0.15, 0.2) is 0 Å². The minimum atomic E-state index is -0.127. The second-order valence-electron chi connectivity index (χ2n) is 3.58. The van der Waals surface area contributed by atoms with Crippen LogP contribution >= 0.6 is 11.6 Å². The van der Waals surface area contributed by atoms with Crippen molar-refractivity contribution in [1.29, 1.82) is 0 Å². The van der Waals surface area contributed by atoms with Crippen LogP contribution in [0.3, 0.4) is 0 Å². The highest BCUT2D eigenvalue weighted by atomic mass is 35.5. The third kappa shape index (κ3) is 2.47. The van der Waals surface area contributed by atoms with E-state index in [-0.39, 0.29) is 12.6 Å². The van der Waals surface area contributed by atoms with Gasteiger partial charge in [0, 0.05) is 17.7 Å². The fourth-order valence-corrected chi connectivity index (χ4v) is 1.80. The highest BCUT2D eigenvalue weighted by molar-refractivity contribution is 6.31. The molecule has 14 heavy (non-hydrogen) atoms. The van der Waals surface area contributed by atoms with E-state index in [9.17, 15) is 0 Å². The van der Waals surface area contributed by atoms with Crippen molar-refractivity contribution >= 4 is 11.6 Å². The van der Waals surface area contributed by atoms with Crippen LogP contribution in [0.4, 0.5) is 0 Å². The maximum Gasteiger partial charge on any atom is 0.0449 e. The van der Waals surface area contributed by atoms with Crippen molar-refractivity contribution in [3.63, 3.8) is 0 Å². The standard InChI is InChI=1S/C11H16ClNO/c1-7-5-9(11(13)3-4-14)8(2)10(12)6-7/h5-6,11,14H,3-4,13H2,1-2H3. The fraction of sp³-hybridized carbons (Fsp3) is 0.455. The Balaban J connectivity index is 3.07. The summed E-state index contributed by atoms with van der Waals surface area (Å²) in [5.74, 6) is 0. The quantitative estimate of drug-likeness (QED) is 0.810. The number of aliphatic hydroxyl groups excluding tert-OH is 1. The lowest BCUT2D eigenvalue weighted by Crippen LogP contribution is -2.13. The highest BCUT2D eigenvalue weighted by Crippen LogP contribution is 2.26. The van der Waals surface area contributed by atoms with E-state index in [0.717, 1.165) is 21.7 Å². The number of aryl methyl sites for hydroxylation is 1. The molecule has 0 aliphatic carbocycles. The van der Waals surface area contributed by atoms with E-state index in [2.05, 4.69) is 0 Å². The molecule has 78 valence electrons. The Kier molecular flexibility index (Phi) is 3.93. The number of benzene rings is 1. The van der Waals surface area contributed by atoms with Crippen LogP contribution in [0.15, 0.2) is 12.1 Å². The molecule has 0 saturated heterocycles. The summed E-state index contributed by atoms with van der Waals surface area (Å²) in [6.07, 6.45) is 0.570. The summed E-state index contributed by atoms with van der Waals surface area (Å²) in [6, 6.07) is 3.82. The van der Waals surface area contributed by atoms with E-state index in [1.54, 1.807) is 0 Å². The fourth-order valence-electron chi connectivity index (χ4n) is 1.52. The molecular formula is C11H16ClNO. The Bertz CT molecular complexity index is 325. The van der Waals surface area contributed by atoms with E-state index in [4.69, 9.17) is 22.4 Å². The summed E-state index contributed by atoms with van der Waals surface area (Å²) in [4.78, 5) is 0. The van der Waals surface area contributed by atoms with Crippen molar-refractivity contribution in [3.8, 4) is 0 Å². The molecule has 0 fully saturated rings. The maximum absolute atomic E-state index is 8.81. The molecule has 0 aromatic heterocycles. The summed E-state index contributed by atoms with van der Waals surface area (Å²) >= 11 is 6.05. The van der Waals surface area contributed by atoms with Crippen molar-refractivity contribution in [1.82, 2.24) is 0 Å². The molecule has 0 aliphatic rings. The molecule has 1 rings (SSSR count). The van der Waals surface area contributed by atoms with E-state index >= 15 is 0 Å². The molecule has 3 N–H and O–H groups in total. The van der Waals surface area contributed by atoms with Crippen LogP contribution in [0.5, 0.6) is 0 Å². The minimum absolute atomic E-state index is 0.103. The molecule has 0 radical (unpaired) electrons. The maximum atomic E-state index is 8.81. The molecule has 0 bridgehead atoms. The molecule has 2 nitrogen and oxygen atoms in total. The van der Waals surface area contributed by atoms with Crippen molar-refractivity contribution in [2.24, 2.45) is 5.73 Å². The monoisotopic (exact) mass is 213 g/mol. The zero-order valence-corrected chi connectivity index (χ0v) is 9.30. The van der Waals surface area contributed by atoms with Gasteiger partial charge in [-0.1, -0.05) is 17.7 Å². The summed E-state index contributed by atoms with van der Waals surface area (Å²) < 4.78 is 0. The van der Waals surface area contributed by atoms with Gasteiger partial charge >= 0.3 is 0 Å². The average molecular weight is 214 g/mol. The van der Waals surface area contributed by atoms with Gasteiger partial charge in [0.2, 0.25) is 0 Å². The number of hydrogen-bond donors (Lipinski definition) is 2. The number of rotatable bonds is 3. The van der Waals surface area contributed by atoms with Gasteiger partial charge < -0.3 is 10.8 Å². The summed E-state index contributed by atoms with van der Waals surface area (Å²) in [5.41, 5.74) is 9.07. The summed E-state index contributed by atoms with van der Waals surface area (Å²) in [6.45, 7) is 4.04. The number of nitrogens with two attached hydrogens (primary N) is 1. The Morgan fingerprint density at radius 3 is 2.64 bits per heavy atom. The van der Waals surface area contributed by atoms with Crippen LogP contribution < -0.4 is 5.73 Å². The third-order valence-corrected chi connectivity index (χ3v) is 2.76. The van der Waals surface area contributed by atoms with Crippen molar-refractivity contribution in [2.75, 3.05) is 6.61 Å². The first kappa shape index (κ1) is 11.5. The van der Waals surface area contributed by atoms with Crippen LogP contribution in [-0.4, -0.2) is 11.7 Å². The van der Waals surface area contributed by atoms with Crippen LogP contribution in [-0.2, 0) is 0 Å². The molecule has 0 aliphatic heterocycles. The smallest absolute Gasteiger partial charge is 0.0449 e. The molecule has 0 amide bonds. The van der Waals surface area contributed by atoms with Gasteiger partial charge in [0.1, 0.15) is 0 Å². The second-order valence-corrected chi connectivity index (χ2v) is 3.99. The van der Waals surface area contributed by atoms with E-state index in [1.165, 1.54) is 0 Å². The Hall–Kier alpha value is -0.570. The van der Waals surface area contributed by atoms with Crippen molar-refractivity contribution < 1.29 is 5.11 Å². The zero-order valence-electron chi connectivity index (χ0n) is 8.55. The topological polar surface area (TPSA) is 46.2 Å². The Morgan fingerprint density at radius 1 is 1.43 bits per heavy atom. The van der Waals surface area contributed by atoms with Gasteiger partial charge in [-0.15, -0.1) is 0 Å². The zero-order chi connectivity index (χ0) is 10.7. The largest absolute Gasteiger partial charge is 0.396 e. The molecule has 1 aromatic carbocycles. The van der Waals surface area contributed by atoms with E-state index in [0.29, 0.717) is 6.42 Å². The molecule has 0 saturated carbocycles. The van der Waals surface area contributed by atoms with Crippen LogP contribution in [0.2, 0.25) is 5.02 Å².